The average Bonchev–Trinajstić information content (AvgIpc) is 2.77. The van der Waals surface area contributed by atoms with Crippen molar-refractivity contribution in [2.75, 3.05) is 13.1 Å². The third-order valence-corrected chi connectivity index (χ3v) is 5.04. The van der Waals surface area contributed by atoms with Crippen molar-refractivity contribution in [3.63, 3.8) is 0 Å². The summed E-state index contributed by atoms with van der Waals surface area (Å²) in [7, 11) is 0. The number of pyridine rings is 2. The summed E-state index contributed by atoms with van der Waals surface area (Å²) < 4.78 is 14.8. The van der Waals surface area contributed by atoms with Gasteiger partial charge in [0.15, 0.2) is 0 Å². The molecule has 0 radical (unpaired) electrons. The van der Waals surface area contributed by atoms with E-state index in [1.54, 1.807) is 35.8 Å². The molecule has 8 heteroatoms. The lowest BCUT2D eigenvalue weighted by Crippen LogP contribution is -2.42. The lowest BCUT2D eigenvalue weighted by Gasteiger charge is -2.21. The van der Waals surface area contributed by atoms with E-state index in [9.17, 15) is 18.8 Å². The molecule has 3 aromatic rings. The van der Waals surface area contributed by atoms with Crippen LogP contribution in [0.15, 0.2) is 47.4 Å². The highest BCUT2D eigenvalue weighted by Gasteiger charge is 2.22. The third-order valence-electron chi connectivity index (χ3n) is 5.04. The van der Waals surface area contributed by atoms with Crippen molar-refractivity contribution in [2.24, 2.45) is 0 Å². The van der Waals surface area contributed by atoms with Crippen molar-refractivity contribution >= 4 is 22.8 Å². The van der Waals surface area contributed by atoms with Crippen LogP contribution in [0.1, 0.15) is 35.5 Å². The highest BCUT2D eigenvalue weighted by Crippen LogP contribution is 2.12. The van der Waals surface area contributed by atoms with Crippen molar-refractivity contribution in [1.29, 1.82) is 0 Å². The fourth-order valence-electron chi connectivity index (χ4n) is 3.28. The summed E-state index contributed by atoms with van der Waals surface area (Å²) >= 11 is 0. The van der Waals surface area contributed by atoms with E-state index in [0.29, 0.717) is 17.6 Å². The van der Waals surface area contributed by atoms with Gasteiger partial charge in [-0.1, -0.05) is 12.1 Å². The first-order valence-corrected chi connectivity index (χ1v) is 10.1. The van der Waals surface area contributed by atoms with Gasteiger partial charge in [0, 0.05) is 31.5 Å². The van der Waals surface area contributed by atoms with Crippen molar-refractivity contribution in [1.82, 2.24) is 19.8 Å². The average molecular weight is 424 g/mol. The number of aryl methyl sites for hydroxylation is 2. The second kappa shape index (κ2) is 9.51. The van der Waals surface area contributed by atoms with Gasteiger partial charge in [0.2, 0.25) is 11.3 Å². The second-order valence-corrected chi connectivity index (χ2v) is 7.20. The summed E-state index contributed by atoms with van der Waals surface area (Å²) in [5.74, 6) is -1.22. The zero-order chi connectivity index (χ0) is 22.5. The number of benzene rings is 1. The van der Waals surface area contributed by atoms with E-state index >= 15 is 0 Å². The van der Waals surface area contributed by atoms with Gasteiger partial charge in [0.1, 0.15) is 17.0 Å². The predicted molar refractivity (Wildman–Crippen MR) is 116 cm³/mol. The summed E-state index contributed by atoms with van der Waals surface area (Å²) in [5.41, 5.74) is 1.66. The molecule has 2 heterocycles. The smallest absolute Gasteiger partial charge is 0.259 e. The van der Waals surface area contributed by atoms with Crippen molar-refractivity contribution in [3.8, 4) is 0 Å². The Hall–Kier alpha value is -3.55. The zero-order valence-corrected chi connectivity index (χ0v) is 17.8. The second-order valence-electron chi connectivity index (χ2n) is 7.20. The highest BCUT2D eigenvalue weighted by atomic mass is 19.1. The molecule has 3 rings (SSSR count). The van der Waals surface area contributed by atoms with Crippen LogP contribution in [0.3, 0.4) is 0 Å². The Morgan fingerprint density at radius 1 is 1.13 bits per heavy atom. The van der Waals surface area contributed by atoms with Crippen LogP contribution < -0.4 is 10.7 Å². The molecule has 162 valence electrons. The molecular formula is C23H25FN4O3. The molecular weight excluding hydrogens is 399 g/mol. The van der Waals surface area contributed by atoms with Crippen LogP contribution in [0.2, 0.25) is 0 Å². The summed E-state index contributed by atoms with van der Waals surface area (Å²) in [6.07, 6.45) is 1.51. The Bertz CT molecular complexity index is 1170. The van der Waals surface area contributed by atoms with Crippen LogP contribution in [0.4, 0.5) is 4.39 Å². The number of amides is 2. The lowest BCUT2D eigenvalue weighted by atomic mass is 10.1. The van der Waals surface area contributed by atoms with Crippen molar-refractivity contribution in [2.45, 2.75) is 33.9 Å². The van der Waals surface area contributed by atoms with E-state index < -0.39 is 11.3 Å². The quantitative estimate of drug-likeness (QED) is 0.632. The number of nitrogens with zero attached hydrogens (tertiary/aromatic N) is 3. The van der Waals surface area contributed by atoms with E-state index in [4.69, 9.17) is 0 Å². The normalized spacial score (nSPS) is 10.8. The fourth-order valence-corrected chi connectivity index (χ4v) is 3.28. The van der Waals surface area contributed by atoms with Crippen molar-refractivity contribution < 1.29 is 14.0 Å². The molecule has 0 unspecified atom stereocenters. The Labute approximate surface area is 179 Å². The van der Waals surface area contributed by atoms with Crippen LogP contribution in [0.25, 0.3) is 11.0 Å². The molecule has 0 fully saturated rings. The zero-order valence-electron chi connectivity index (χ0n) is 17.8. The fraction of sp³-hybridized carbons (Fsp3) is 0.304. The summed E-state index contributed by atoms with van der Waals surface area (Å²) in [5, 5.41) is 3.08. The number of hydrogen-bond donors (Lipinski definition) is 1. The number of fused-ring (bicyclic) bond motifs is 1. The Kier molecular flexibility index (Phi) is 6.79. The number of hydrogen-bond acceptors (Lipinski definition) is 4. The Morgan fingerprint density at radius 3 is 2.48 bits per heavy atom. The minimum absolute atomic E-state index is 0.00758. The maximum Gasteiger partial charge on any atom is 0.259 e. The molecule has 2 amide bonds. The predicted octanol–water partition coefficient (Wildman–Crippen LogP) is 2.64. The number of rotatable bonds is 7. The van der Waals surface area contributed by atoms with Gasteiger partial charge in [0.25, 0.3) is 5.91 Å². The van der Waals surface area contributed by atoms with Gasteiger partial charge < -0.3 is 14.8 Å². The van der Waals surface area contributed by atoms with Crippen LogP contribution in [-0.2, 0) is 17.9 Å². The van der Waals surface area contributed by atoms with Crippen LogP contribution in [0, 0.1) is 12.7 Å². The highest BCUT2D eigenvalue weighted by molar-refractivity contribution is 5.98. The SMILES string of the molecule is CCN(CC(=O)NCc1ccc(F)cc1)C(=O)c1cn(CC)c2nc(C)ccc2c1=O. The van der Waals surface area contributed by atoms with Gasteiger partial charge in [0.05, 0.1) is 11.9 Å². The molecule has 0 aliphatic heterocycles. The van der Waals surface area contributed by atoms with Crippen LogP contribution in [-0.4, -0.2) is 39.4 Å². The summed E-state index contributed by atoms with van der Waals surface area (Å²) in [6, 6.07) is 9.20. The minimum atomic E-state index is -0.505. The topological polar surface area (TPSA) is 84.3 Å². The molecule has 0 bridgehead atoms. The molecule has 0 atom stereocenters. The molecule has 31 heavy (non-hydrogen) atoms. The third kappa shape index (κ3) is 4.96. The van der Waals surface area contributed by atoms with Crippen LogP contribution in [0.5, 0.6) is 0 Å². The summed E-state index contributed by atoms with van der Waals surface area (Å²) in [6.45, 7) is 6.32. The first-order valence-electron chi connectivity index (χ1n) is 10.1. The van der Waals surface area contributed by atoms with E-state index in [1.165, 1.54) is 23.2 Å². The molecule has 0 saturated heterocycles. The van der Waals surface area contributed by atoms with E-state index in [1.807, 2.05) is 13.8 Å². The standard InChI is InChI=1S/C23H25FN4O3/c1-4-27-13-19(21(30)18-11-6-15(3)26-22(18)27)23(31)28(5-2)14-20(29)25-12-16-7-9-17(24)10-8-16/h6-11,13H,4-5,12,14H2,1-3H3,(H,25,29). The molecule has 0 aliphatic carbocycles. The molecule has 0 saturated carbocycles. The van der Waals surface area contributed by atoms with Gasteiger partial charge in [-0.05, 0) is 50.6 Å². The van der Waals surface area contributed by atoms with Gasteiger partial charge in [-0.2, -0.15) is 0 Å². The Morgan fingerprint density at radius 2 is 1.84 bits per heavy atom. The largest absolute Gasteiger partial charge is 0.350 e. The van der Waals surface area contributed by atoms with E-state index in [0.717, 1.165) is 11.3 Å². The van der Waals surface area contributed by atoms with Gasteiger partial charge >= 0.3 is 0 Å². The maximum atomic E-state index is 13.1. The molecule has 7 nitrogen and oxygen atoms in total. The molecule has 0 aliphatic rings. The van der Waals surface area contributed by atoms with Gasteiger partial charge in [-0.25, -0.2) is 9.37 Å². The maximum absolute atomic E-state index is 13.1. The summed E-state index contributed by atoms with van der Waals surface area (Å²) in [4.78, 5) is 44.2. The number of halogens is 1. The number of carbonyl (C=O) groups excluding carboxylic acids is 2. The van der Waals surface area contributed by atoms with Gasteiger partial charge in [-0.15, -0.1) is 0 Å². The van der Waals surface area contributed by atoms with E-state index in [2.05, 4.69) is 10.3 Å². The first kappa shape index (κ1) is 22.1. The molecule has 2 aromatic heterocycles. The number of likely N-dealkylation sites (N-methyl/N-ethyl adjacent to an activating group) is 1. The molecule has 0 spiro atoms. The lowest BCUT2D eigenvalue weighted by molar-refractivity contribution is -0.121. The number of aromatic nitrogens is 2. The number of nitrogens with one attached hydrogen (secondary N) is 1. The van der Waals surface area contributed by atoms with Gasteiger partial charge in [-0.3, -0.25) is 14.4 Å². The molecule has 1 aromatic carbocycles. The van der Waals surface area contributed by atoms with E-state index in [-0.39, 0.29) is 36.9 Å². The minimum Gasteiger partial charge on any atom is -0.350 e. The molecule has 1 N–H and O–H groups in total. The number of carbonyl (C=O) groups is 2. The first-order chi connectivity index (χ1) is 14.8. The van der Waals surface area contributed by atoms with Crippen molar-refractivity contribution in [3.05, 3.63) is 75.5 Å². The van der Waals surface area contributed by atoms with Crippen LogP contribution >= 0.6 is 0 Å². The monoisotopic (exact) mass is 424 g/mol. The Balaban J connectivity index is 1.79.